The lowest BCUT2D eigenvalue weighted by Gasteiger charge is -2.53. The summed E-state index contributed by atoms with van der Waals surface area (Å²) in [4.78, 5) is 12.6. The van der Waals surface area contributed by atoms with E-state index in [1.807, 2.05) is 0 Å². The zero-order valence-electron chi connectivity index (χ0n) is 11.8. The van der Waals surface area contributed by atoms with Crippen molar-refractivity contribution in [1.29, 1.82) is 0 Å². The number of nitrogens with one attached hydrogen (secondary N) is 1. The molecule has 0 unspecified atom stereocenters. The summed E-state index contributed by atoms with van der Waals surface area (Å²) in [6, 6.07) is 0. The van der Waals surface area contributed by atoms with E-state index < -0.39 is 0 Å². The third-order valence-corrected chi connectivity index (χ3v) is 6.51. The Bertz CT molecular complexity index is 499. The van der Waals surface area contributed by atoms with Crippen LogP contribution in [0.25, 0.3) is 0 Å². The minimum Gasteiger partial charge on any atom is -0.300 e. The molecule has 4 aliphatic rings. The van der Waals surface area contributed by atoms with E-state index in [9.17, 15) is 4.79 Å². The normalized spacial score (nSPS) is 38.1. The van der Waals surface area contributed by atoms with Crippen LogP contribution in [0.3, 0.4) is 0 Å². The van der Waals surface area contributed by atoms with Crippen LogP contribution in [0.15, 0.2) is 0 Å². The van der Waals surface area contributed by atoms with E-state index in [0.29, 0.717) is 17.0 Å². The van der Waals surface area contributed by atoms with Crippen molar-refractivity contribution >= 4 is 22.4 Å². The van der Waals surface area contributed by atoms with Gasteiger partial charge in [-0.2, -0.15) is 0 Å². The summed E-state index contributed by atoms with van der Waals surface area (Å²) >= 11 is 1.51. The molecule has 4 saturated carbocycles. The highest BCUT2D eigenvalue weighted by Crippen LogP contribution is 2.56. The zero-order valence-corrected chi connectivity index (χ0v) is 12.7. The van der Waals surface area contributed by atoms with Crippen molar-refractivity contribution < 1.29 is 4.79 Å². The number of carbonyl (C=O) groups is 1. The molecule has 0 aliphatic heterocycles. The summed E-state index contributed by atoms with van der Waals surface area (Å²) in [6.07, 6.45) is 7.43. The van der Waals surface area contributed by atoms with E-state index in [1.54, 1.807) is 0 Å². The number of hydrogen-bond donors (Lipinski definition) is 1. The summed E-state index contributed by atoms with van der Waals surface area (Å²) in [5.74, 6) is 3.52. The van der Waals surface area contributed by atoms with Gasteiger partial charge in [-0.1, -0.05) is 18.3 Å². The number of amides is 1. The Morgan fingerprint density at radius 2 is 1.80 bits per heavy atom. The maximum Gasteiger partial charge on any atom is 0.229 e. The molecule has 4 aliphatic carbocycles. The van der Waals surface area contributed by atoms with Crippen molar-refractivity contribution in [1.82, 2.24) is 10.2 Å². The predicted molar refractivity (Wildman–Crippen MR) is 78.5 cm³/mol. The molecule has 0 atom stereocenters. The largest absolute Gasteiger partial charge is 0.300 e. The van der Waals surface area contributed by atoms with Crippen LogP contribution in [-0.2, 0) is 11.2 Å². The first-order chi connectivity index (χ1) is 9.72. The van der Waals surface area contributed by atoms with Crippen LogP contribution in [0.4, 0.5) is 5.13 Å². The molecule has 0 saturated heterocycles. The molecule has 4 fully saturated rings. The first kappa shape index (κ1) is 12.7. The third-order valence-electron chi connectivity index (χ3n) is 5.53. The van der Waals surface area contributed by atoms with Crippen molar-refractivity contribution in [2.45, 2.75) is 45.4 Å². The molecular weight excluding hydrogens is 270 g/mol. The molecule has 0 aromatic carbocycles. The molecule has 0 spiro atoms. The molecule has 5 rings (SSSR count). The van der Waals surface area contributed by atoms with Gasteiger partial charge in [0, 0.05) is 5.92 Å². The molecule has 108 valence electrons. The highest BCUT2D eigenvalue weighted by molar-refractivity contribution is 7.15. The van der Waals surface area contributed by atoms with Gasteiger partial charge in [-0.25, -0.2) is 0 Å². The second-order valence-corrected chi connectivity index (χ2v) is 7.86. The molecule has 20 heavy (non-hydrogen) atoms. The fourth-order valence-electron chi connectivity index (χ4n) is 4.99. The van der Waals surface area contributed by atoms with E-state index in [4.69, 9.17) is 0 Å². The second-order valence-electron chi connectivity index (χ2n) is 6.80. The van der Waals surface area contributed by atoms with Gasteiger partial charge in [0.15, 0.2) is 0 Å². The summed E-state index contributed by atoms with van der Waals surface area (Å²) in [5.41, 5.74) is 0. The Labute approximate surface area is 123 Å². The highest BCUT2D eigenvalue weighted by Gasteiger charge is 2.50. The number of aromatic nitrogens is 2. The molecule has 1 aromatic heterocycles. The molecule has 5 heteroatoms. The topological polar surface area (TPSA) is 54.9 Å². The monoisotopic (exact) mass is 291 g/mol. The van der Waals surface area contributed by atoms with Crippen LogP contribution in [0.1, 0.15) is 44.0 Å². The number of hydrogen-bond acceptors (Lipinski definition) is 4. The standard InChI is InChI=1S/C15H21N3OS/c1-2-12-17-18-15(20-12)16-14(19)13-10-4-8-3-9(6-10)7-11(13)5-8/h8-11,13H,2-7H2,1H3,(H,16,18,19). The Kier molecular flexibility index (Phi) is 3.05. The third kappa shape index (κ3) is 2.07. The van der Waals surface area contributed by atoms with Crippen molar-refractivity contribution in [3.8, 4) is 0 Å². The van der Waals surface area contributed by atoms with Crippen LogP contribution < -0.4 is 5.32 Å². The van der Waals surface area contributed by atoms with E-state index in [0.717, 1.165) is 23.3 Å². The predicted octanol–water partition coefficient (Wildman–Crippen LogP) is 3.11. The molecule has 1 heterocycles. The Hall–Kier alpha value is -0.970. The van der Waals surface area contributed by atoms with Crippen LogP contribution in [0.5, 0.6) is 0 Å². The molecule has 0 radical (unpaired) electrons. The Balaban J connectivity index is 1.48. The lowest BCUT2D eigenvalue weighted by atomic mass is 9.51. The molecule has 1 aromatic rings. The lowest BCUT2D eigenvalue weighted by molar-refractivity contribution is -0.132. The molecule has 1 N–H and O–H groups in total. The van der Waals surface area contributed by atoms with Gasteiger partial charge in [0.25, 0.3) is 0 Å². The number of aryl methyl sites for hydroxylation is 1. The van der Waals surface area contributed by atoms with Crippen molar-refractivity contribution in [2.75, 3.05) is 5.32 Å². The van der Waals surface area contributed by atoms with Gasteiger partial charge >= 0.3 is 0 Å². The molecule has 4 bridgehead atoms. The van der Waals surface area contributed by atoms with E-state index >= 15 is 0 Å². The first-order valence-electron chi connectivity index (χ1n) is 7.86. The van der Waals surface area contributed by atoms with Crippen LogP contribution in [-0.4, -0.2) is 16.1 Å². The van der Waals surface area contributed by atoms with E-state index in [-0.39, 0.29) is 11.8 Å². The average Bonchev–Trinajstić information content (AvgIpc) is 2.85. The van der Waals surface area contributed by atoms with Crippen LogP contribution in [0, 0.1) is 29.6 Å². The Morgan fingerprint density at radius 3 is 2.35 bits per heavy atom. The van der Waals surface area contributed by atoms with Crippen molar-refractivity contribution in [3.05, 3.63) is 5.01 Å². The SMILES string of the molecule is CCc1nnc(NC(=O)C2C3CC4CC(C3)CC2C4)s1. The summed E-state index contributed by atoms with van der Waals surface area (Å²) in [7, 11) is 0. The maximum atomic E-state index is 12.6. The molecule has 1 amide bonds. The minimum atomic E-state index is 0.206. The van der Waals surface area contributed by atoms with Gasteiger partial charge in [-0.3, -0.25) is 4.79 Å². The number of carbonyl (C=O) groups excluding carboxylic acids is 1. The minimum absolute atomic E-state index is 0.206. The van der Waals surface area contributed by atoms with E-state index in [1.165, 1.54) is 43.4 Å². The van der Waals surface area contributed by atoms with Crippen LogP contribution >= 0.6 is 11.3 Å². The van der Waals surface area contributed by atoms with Gasteiger partial charge in [-0.05, 0) is 62.2 Å². The molecule has 4 nitrogen and oxygen atoms in total. The zero-order chi connectivity index (χ0) is 13.7. The number of nitrogens with zero attached hydrogens (tertiary/aromatic N) is 2. The maximum absolute atomic E-state index is 12.6. The van der Waals surface area contributed by atoms with Gasteiger partial charge in [0.1, 0.15) is 5.01 Å². The lowest BCUT2D eigenvalue weighted by Crippen LogP contribution is -2.49. The fourth-order valence-corrected chi connectivity index (χ4v) is 5.67. The van der Waals surface area contributed by atoms with Crippen molar-refractivity contribution in [2.24, 2.45) is 29.6 Å². The van der Waals surface area contributed by atoms with E-state index in [2.05, 4.69) is 22.4 Å². The average molecular weight is 291 g/mol. The molecular formula is C15H21N3OS. The van der Waals surface area contributed by atoms with Crippen molar-refractivity contribution in [3.63, 3.8) is 0 Å². The van der Waals surface area contributed by atoms with Gasteiger partial charge < -0.3 is 5.32 Å². The van der Waals surface area contributed by atoms with Gasteiger partial charge in [0.05, 0.1) is 0 Å². The quantitative estimate of drug-likeness (QED) is 0.931. The second kappa shape index (κ2) is 4.79. The number of anilines is 1. The fraction of sp³-hybridized carbons (Fsp3) is 0.800. The summed E-state index contributed by atoms with van der Waals surface area (Å²) in [5, 5.41) is 12.9. The summed E-state index contributed by atoms with van der Waals surface area (Å²) in [6.45, 7) is 2.06. The number of rotatable bonds is 3. The smallest absolute Gasteiger partial charge is 0.229 e. The van der Waals surface area contributed by atoms with Gasteiger partial charge in [0.2, 0.25) is 11.0 Å². The van der Waals surface area contributed by atoms with Gasteiger partial charge in [-0.15, -0.1) is 10.2 Å². The highest BCUT2D eigenvalue weighted by atomic mass is 32.1. The summed E-state index contributed by atoms with van der Waals surface area (Å²) < 4.78 is 0. The Morgan fingerprint density at radius 1 is 1.15 bits per heavy atom. The van der Waals surface area contributed by atoms with Crippen LogP contribution in [0.2, 0.25) is 0 Å². The first-order valence-corrected chi connectivity index (χ1v) is 8.67.